The predicted molar refractivity (Wildman–Crippen MR) is 124 cm³/mol. The number of nitrogens with zero attached hydrogens (tertiary/aromatic N) is 2. The number of aromatic amines is 1. The summed E-state index contributed by atoms with van der Waals surface area (Å²) in [5.41, 5.74) is 5.41. The Hall–Kier alpha value is -2.96. The summed E-state index contributed by atoms with van der Waals surface area (Å²) in [7, 11) is 1.95. The van der Waals surface area contributed by atoms with E-state index in [4.69, 9.17) is 4.98 Å². The monoisotopic (exact) mass is 418 g/mol. The molecule has 0 saturated heterocycles. The second kappa shape index (κ2) is 8.81. The van der Waals surface area contributed by atoms with Gasteiger partial charge in [0.05, 0.1) is 24.5 Å². The maximum absolute atomic E-state index is 12.0. The number of aromatic nitrogens is 2. The number of thiazole rings is 1. The van der Waals surface area contributed by atoms with Crippen LogP contribution in [0.5, 0.6) is 0 Å². The summed E-state index contributed by atoms with van der Waals surface area (Å²) >= 11 is 1.63. The Balaban J connectivity index is 1.63. The molecule has 4 aromatic rings. The van der Waals surface area contributed by atoms with Crippen LogP contribution in [0.2, 0.25) is 0 Å². The highest BCUT2D eigenvalue weighted by molar-refractivity contribution is 7.10. The summed E-state index contributed by atoms with van der Waals surface area (Å²) < 4.78 is 0. The molecule has 30 heavy (non-hydrogen) atoms. The number of para-hydroxylation sites is 1. The van der Waals surface area contributed by atoms with Crippen molar-refractivity contribution in [1.82, 2.24) is 20.2 Å². The molecule has 0 unspecified atom stereocenters. The van der Waals surface area contributed by atoms with Gasteiger partial charge in [0.25, 0.3) is 0 Å². The topological polar surface area (TPSA) is 61.0 Å². The third-order valence-corrected chi connectivity index (χ3v) is 5.68. The lowest BCUT2D eigenvalue weighted by Gasteiger charge is -2.16. The molecular weight excluding hydrogens is 392 g/mol. The van der Waals surface area contributed by atoms with E-state index < -0.39 is 0 Å². The lowest BCUT2D eigenvalue weighted by molar-refractivity contribution is -0.122. The molecular formula is C24H26N4OS. The molecule has 2 aromatic carbocycles. The number of H-pyrrole nitrogens is 1. The summed E-state index contributed by atoms with van der Waals surface area (Å²) in [5.74, 6) is 0.0345. The van der Waals surface area contributed by atoms with Crippen molar-refractivity contribution in [3.8, 4) is 22.5 Å². The molecule has 0 aliphatic heterocycles. The van der Waals surface area contributed by atoms with Gasteiger partial charge in [-0.2, -0.15) is 0 Å². The van der Waals surface area contributed by atoms with Crippen LogP contribution in [0.4, 0.5) is 0 Å². The van der Waals surface area contributed by atoms with Gasteiger partial charge in [0.1, 0.15) is 5.01 Å². The fraction of sp³-hybridized carbons (Fsp3) is 0.250. The number of carbonyl (C=O) groups is 1. The molecule has 0 aliphatic carbocycles. The number of likely N-dealkylation sites (N-methyl/N-ethyl adjacent to an activating group) is 1. The van der Waals surface area contributed by atoms with E-state index in [1.54, 1.807) is 11.3 Å². The molecule has 2 heterocycles. The Morgan fingerprint density at radius 3 is 2.63 bits per heavy atom. The smallest absolute Gasteiger partial charge is 0.234 e. The second-order valence-electron chi connectivity index (χ2n) is 7.81. The van der Waals surface area contributed by atoms with E-state index in [2.05, 4.69) is 46.0 Å². The number of nitrogens with one attached hydrogen (secondary N) is 2. The standard InChI is InChI=1S/C24H26N4OS/c1-16(2)25-21(29)13-28(3)14-22-26-20(15-30-22)23-18-11-7-8-12-19(18)27-24(23)17-9-5-4-6-10-17/h4-12,15-16,27H,13-14H2,1-3H3,(H,25,29). The highest BCUT2D eigenvalue weighted by Gasteiger charge is 2.18. The Kier molecular flexibility index (Phi) is 5.97. The van der Waals surface area contributed by atoms with Gasteiger partial charge in [-0.1, -0.05) is 48.5 Å². The molecule has 2 N–H and O–H groups in total. The number of benzene rings is 2. The number of hydrogen-bond acceptors (Lipinski definition) is 4. The third-order valence-electron chi connectivity index (χ3n) is 4.84. The molecule has 0 spiro atoms. The zero-order valence-electron chi connectivity index (χ0n) is 17.5. The molecule has 0 aliphatic rings. The van der Waals surface area contributed by atoms with Crippen LogP contribution in [0.3, 0.4) is 0 Å². The maximum atomic E-state index is 12.0. The molecule has 2 aromatic heterocycles. The Morgan fingerprint density at radius 2 is 1.87 bits per heavy atom. The summed E-state index contributed by atoms with van der Waals surface area (Å²) in [6.07, 6.45) is 0. The molecule has 4 rings (SSSR count). The first-order chi connectivity index (χ1) is 14.5. The Labute approximate surface area is 180 Å². The van der Waals surface area contributed by atoms with Crippen molar-refractivity contribution in [2.75, 3.05) is 13.6 Å². The van der Waals surface area contributed by atoms with E-state index in [0.717, 1.165) is 38.4 Å². The van der Waals surface area contributed by atoms with Gasteiger partial charge >= 0.3 is 0 Å². The molecule has 0 atom stereocenters. The summed E-state index contributed by atoms with van der Waals surface area (Å²) in [6, 6.07) is 18.8. The molecule has 0 saturated carbocycles. The van der Waals surface area contributed by atoms with Gasteiger partial charge in [0.15, 0.2) is 0 Å². The van der Waals surface area contributed by atoms with Crippen LogP contribution in [0.15, 0.2) is 60.0 Å². The van der Waals surface area contributed by atoms with Crippen molar-refractivity contribution in [2.24, 2.45) is 0 Å². The first-order valence-electron chi connectivity index (χ1n) is 10.1. The lowest BCUT2D eigenvalue weighted by Crippen LogP contribution is -2.38. The van der Waals surface area contributed by atoms with Gasteiger partial charge in [-0.15, -0.1) is 11.3 Å². The number of amides is 1. The van der Waals surface area contributed by atoms with E-state index in [-0.39, 0.29) is 11.9 Å². The second-order valence-corrected chi connectivity index (χ2v) is 8.75. The van der Waals surface area contributed by atoms with Crippen LogP contribution in [-0.4, -0.2) is 40.4 Å². The van der Waals surface area contributed by atoms with Crippen LogP contribution in [-0.2, 0) is 11.3 Å². The summed E-state index contributed by atoms with van der Waals surface area (Å²) in [6.45, 7) is 4.93. The van der Waals surface area contributed by atoms with E-state index in [0.29, 0.717) is 13.1 Å². The van der Waals surface area contributed by atoms with Crippen molar-refractivity contribution < 1.29 is 4.79 Å². The fourth-order valence-electron chi connectivity index (χ4n) is 3.63. The van der Waals surface area contributed by atoms with E-state index in [1.807, 2.05) is 50.1 Å². The van der Waals surface area contributed by atoms with Gasteiger partial charge in [-0.25, -0.2) is 4.98 Å². The fourth-order valence-corrected chi connectivity index (χ4v) is 4.49. The lowest BCUT2D eigenvalue weighted by atomic mass is 10.0. The number of fused-ring (bicyclic) bond motifs is 1. The summed E-state index contributed by atoms with van der Waals surface area (Å²) in [5, 5.41) is 7.20. The van der Waals surface area contributed by atoms with Crippen molar-refractivity contribution in [3.05, 3.63) is 65.0 Å². The largest absolute Gasteiger partial charge is 0.354 e. The van der Waals surface area contributed by atoms with Gasteiger partial charge in [-0.05, 0) is 32.5 Å². The highest BCUT2D eigenvalue weighted by Crippen LogP contribution is 2.38. The maximum Gasteiger partial charge on any atom is 0.234 e. The zero-order valence-corrected chi connectivity index (χ0v) is 18.3. The third kappa shape index (κ3) is 4.45. The molecule has 0 fully saturated rings. The van der Waals surface area contributed by atoms with E-state index in [1.165, 1.54) is 0 Å². The molecule has 6 heteroatoms. The van der Waals surface area contributed by atoms with Crippen LogP contribution < -0.4 is 5.32 Å². The van der Waals surface area contributed by atoms with Crippen molar-refractivity contribution in [3.63, 3.8) is 0 Å². The molecule has 0 bridgehead atoms. The normalized spacial score (nSPS) is 11.5. The average molecular weight is 419 g/mol. The molecule has 154 valence electrons. The average Bonchev–Trinajstić information content (AvgIpc) is 3.31. The predicted octanol–water partition coefficient (Wildman–Crippen LogP) is 4.91. The first kappa shape index (κ1) is 20.3. The van der Waals surface area contributed by atoms with Crippen molar-refractivity contribution in [1.29, 1.82) is 0 Å². The number of hydrogen-bond donors (Lipinski definition) is 2. The minimum atomic E-state index is 0.0345. The van der Waals surface area contributed by atoms with Gasteiger partial charge < -0.3 is 10.3 Å². The number of rotatable bonds is 7. The number of carbonyl (C=O) groups excluding carboxylic acids is 1. The van der Waals surface area contributed by atoms with Crippen LogP contribution in [0.25, 0.3) is 33.4 Å². The van der Waals surface area contributed by atoms with Crippen molar-refractivity contribution in [2.45, 2.75) is 26.4 Å². The van der Waals surface area contributed by atoms with Crippen molar-refractivity contribution >= 4 is 28.1 Å². The van der Waals surface area contributed by atoms with Gasteiger partial charge in [-0.3, -0.25) is 9.69 Å². The minimum Gasteiger partial charge on any atom is -0.354 e. The molecule has 0 radical (unpaired) electrons. The van der Waals surface area contributed by atoms with E-state index >= 15 is 0 Å². The van der Waals surface area contributed by atoms with Crippen LogP contribution in [0, 0.1) is 0 Å². The Bertz CT molecular complexity index is 1150. The van der Waals surface area contributed by atoms with Crippen LogP contribution >= 0.6 is 11.3 Å². The van der Waals surface area contributed by atoms with E-state index in [9.17, 15) is 4.79 Å². The van der Waals surface area contributed by atoms with Gasteiger partial charge in [0.2, 0.25) is 5.91 Å². The zero-order chi connectivity index (χ0) is 21.1. The van der Waals surface area contributed by atoms with Gasteiger partial charge in [0, 0.05) is 27.9 Å². The summed E-state index contributed by atoms with van der Waals surface area (Å²) in [4.78, 5) is 22.5. The SMILES string of the molecule is CC(C)NC(=O)CN(C)Cc1nc(-c2c(-c3ccccc3)[nH]c3ccccc23)cs1. The van der Waals surface area contributed by atoms with Crippen LogP contribution in [0.1, 0.15) is 18.9 Å². The first-order valence-corrected chi connectivity index (χ1v) is 11.0. The molecule has 5 nitrogen and oxygen atoms in total. The quantitative estimate of drug-likeness (QED) is 0.448. The highest BCUT2D eigenvalue weighted by atomic mass is 32.1. The minimum absolute atomic E-state index is 0.0345. The Morgan fingerprint density at radius 1 is 1.13 bits per heavy atom. The molecule has 1 amide bonds.